The largest absolute Gasteiger partial charge is 0.493 e. The molecule has 26 heavy (non-hydrogen) atoms. The lowest BCUT2D eigenvalue weighted by Gasteiger charge is -2.25. The molecule has 0 saturated heterocycles. The zero-order valence-electron chi connectivity index (χ0n) is 15.4. The van der Waals surface area contributed by atoms with Gasteiger partial charge in [0.15, 0.2) is 23.1 Å². The van der Waals surface area contributed by atoms with Gasteiger partial charge in [0.2, 0.25) is 5.91 Å². The number of amides is 1. The van der Waals surface area contributed by atoms with E-state index in [0.29, 0.717) is 29.9 Å². The molecule has 1 atom stereocenters. The Labute approximate surface area is 152 Å². The predicted molar refractivity (Wildman–Crippen MR) is 95.4 cm³/mol. The van der Waals surface area contributed by atoms with Crippen LogP contribution in [0.3, 0.4) is 0 Å². The molecule has 0 fully saturated rings. The zero-order valence-corrected chi connectivity index (χ0v) is 15.4. The maximum absolute atomic E-state index is 13.4. The number of benzene rings is 2. The van der Waals surface area contributed by atoms with Crippen LogP contribution in [0.5, 0.6) is 11.5 Å². The van der Waals surface area contributed by atoms with Crippen LogP contribution < -0.4 is 9.47 Å². The number of halogens is 2. The monoisotopic (exact) mass is 363 g/mol. The number of carbonyl (C=O) groups is 1. The third-order valence-electron chi connectivity index (χ3n) is 4.48. The van der Waals surface area contributed by atoms with Gasteiger partial charge in [0.05, 0.1) is 20.3 Å². The molecule has 2 aromatic carbocycles. The van der Waals surface area contributed by atoms with Crippen LogP contribution in [0.2, 0.25) is 0 Å². The summed E-state index contributed by atoms with van der Waals surface area (Å²) >= 11 is 0. The Kier molecular flexibility index (Phi) is 6.55. The molecular formula is C20H23F2NO3. The standard InChI is InChI=1S/C20H23F2NO3/c1-13(15-7-8-16(21)17(22)12-15)23(2)20(24)10-6-14-5-9-18(25-3)19(11-14)26-4/h5,7-9,11-13H,6,10H2,1-4H3. The maximum Gasteiger partial charge on any atom is 0.223 e. The van der Waals surface area contributed by atoms with E-state index in [1.165, 1.54) is 11.0 Å². The van der Waals surface area contributed by atoms with Crippen molar-refractivity contribution in [2.45, 2.75) is 25.8 Å². The second kappa shape index (κ2) is 8.65. The third-order valence-corrected chi connectivity index (χ3v) is 4.48. The summed E-state index contributed by atoms with van der Waals surface area (Å²) < 4.78 is 36.9. The van der Waals surface area contributed by atoms with Crippen LogP contribution in [-0.2, 0) is 11.2 Å². The van der Waals surface area contributed by atoms with Crippen LogP contribution in [-0.4, -0.2) is 32.1 Å². The van der Waals surface area contributed by atoms with Gasteiger partial charge in [-0.1, -0.05) is 12.1 Å². The number of carbonyl (C=O) groups excluding carboxylic acids is 1. The molecule has 1 unspecified atom stereocenters. The molecule has 2 aromatic rings. The first-order valence-corrected chi connectivity index (χ1v) is 8.29. The summed E-state index contributed by atoms with van der Waals surface area (Å²) in [6, 6.07) is 8.84. The van der Waals surface area contributed by atoms with Gasteiger partial charge in [0, 0.05) is 13.5 Å². The van der Waals surface area contributed by atoms with Crippen molar-refractivity contribution < 1.29 is 23.0 Å². The van der Waals surface area contributed by atoms with Crippen molar-refractivity contribution in [1.29, 1.82) is 0 Å². The molecule has 0 heterocycles. The molecule has 1 amide bonds. The van der Waals surface area contributed by atoms with E-state index in [2.05, 4.69) is 0 Å². The van der Waals surface area contributed by atoms with Crippen LogP contribution in [0.15, 0.2) is 36.4 Å². The first-order chi connectivity index (χ1) is 12.4. The Morgan fingerprint density at radius 1 is 1.04 bits per heavy atom. The Bertz CT molecular complexity index is 780. The number of aryl methyl sites for hydroxylation is 1. The number of hydrogen-bond acceptors (Lipinski definition) is 3. The first-order valence-electron chi connectivity index (χ1n) is 8.29. The Morgan fingerprint density at radius 2 is 1.73 bits per heavy atom. The summed E-state index contributed by atoms with van der Waals surface area (Å²) in [5.74, 6) is -0.659. The van der Waals surface area contributed by atoms with Crippen LogP contribution in [0, 0.1) is 11.6 Å². The summed E-state index contributed by atoms with van der Waals surface area (Å²) in [6.45, 7) is 1.78. The Hall–Kier alpha value is -2.63. The van der Waals surface area contributed by atoms with Crippen LogP contribution in [0.25, 0.3) is 0 Å². The van der Waals surface area contributed by atoms with E-state index in [1.54, 1.807) is 34.3 Å². The van der Waals surface area contributed by atoms with Gasteiger partial charge in [-0.25, -0.2) is 8.78 Å². The molecule has 2 rings (SSSR count). The summed E-state index contributed by atoms with van der Waals surface area (Å²) in [7, 11) is 4.78. The van der Waals surface area contributed by atoms with Crippen molar-refractivity contribution >= 4 is 5.91 Å². The lowest BCUT2D eigenvalue weighted by Crippen LogP contribution is -2.29. The van der Waals surface area contributed by atoms with E-state index in [9.17, 15) is 13.6 Å². The van der Waals surface area contributed by atoms with Crippen LogP contribution in [0.4, 0.5) is 8.78 Å². The van der Waals surface area contributed by atoms with E-state index in [0.717, 1.165) is 17.7 Å². The molecule has 0 aromatic heterocycles. The van der Waals surface area contributed by atoms with Gasteiger partial charge in [-0.2, -0.15) is 0 Å². The number of ether oxygens (including phenoxy) is 2. The van der Waals surface area contributed by atoms with Gasteiger partial charge in [-0.3, -0.25) is 4.79 Å². The van der Waals surface area contributed by atoms with Crippen LogP contribution in [0.1, 0.15) is 30.5 Å². The lowest BCUT2D eigenvalue weighted by atomic mass is 10.0. The average Bonchev–Trinajstić information content (AvgIpc) is 2.66. The fraction of sp³-hybridized carbons (Fsp3) is 0.350. The lowest BCUT2D eigenvalue weighted by molar-refractivity contribution is -0.131. The van der Waals surface area contributed by atoms with E-state index in [1.807, 2.05) is 12.1 Å². The molecule has 0 saturated carbocycles. The number of hydrogen-bond donors (Lipinski definition) is 0. The van der Waals surface area contributed by atoms with Crippen molar-refractivity contribution in [2.75, 3.05) is 21.3 Å². The van der Waals surface area contributed by atoms with Crippen molar-refractivity contribution in [3.05, 3.63) is 59.2 Å². The molecule has 0 radical (unpaired) electrons. The van der Waals surface area contributed by atoms with Crippen molar-refractivity contribution in [1.82, 2.24) is 4.90 Å². The van der Waals surface area contributed by atoms with Crippen LogP contribution >= 0.6 is 0 Å². The molecule has 0 aliphatic heterocycles. The van der Waals surface area contributed by atoms with Crippen molar-refractivity contribution in [3.8, 4) is 11.5 Å². The highest BCUT2D eigenvalue weighted by atomic mass is 19.2. The molecule has 0 bridgehead atoms. The summed E-state index contributed by atoms with van der Waals surface area (Å²) in [5, 5.41) is 0. The Balaban J connectivity index is 2.01. The van der Waals surface area contributed by atoms with Gasteiger partial charge in [0.25, 0.3) is 0 Å². The first kappa shape index (κ1) is 19.7. The van der Waals surface area contributed by atoms with Gasteiger partial charge in [-0.05, 0) is 48.7 Å². The van der Waals surface area contributed by atoms with Crippen molar-refractivity contribution in [3.63, 3.8) is 0 Å². The number of nitrogens with zero attached hydrogens (tertiary/aromatic N) is 1. The Morgan fingerprint density at radius 3 is 2.35 bits per heavy atom. The minimum atomic E-state index is -0.916. The SMILES string of the molecule is COc1ccc(CCC(=O)N(C)C(C)c2ccc(F)c(F)c2)cc1OC. The van der Waals surface area contributed by atoms with Crippen molar-refractivity contribution in [2.24, 2.45) is 0 Å². The number of rotatable bonds is 7. The molecule has 0 aliphatic rings. The third kappa shape index (κ3) is 4.50. The molecular weight excluding hydrogens is 340 g/mol. The van der Waals surface area contributed by atoms with Gasteiger partial charge in [0.1, 0.15) is 0 Å². The van der Waals surface area contributed by atoms with E-state index < -0.39 is 11.6 Å². The molecule has 4 nitrogen and oxygen atoms in total. The highest BCUT2D eigenvalue weighted by Gasteiger charge is 2.18. The predicted octanol–water partition coefficient (Wildman–Crippen LogP) is 4.13. The maximum atomic E-state index is 13.4. The zero-order chi connectivity index (χ0) is 19.3. The van der Waals surface area contributed by atoms with E-state index >= 15 is 0 Å². The average molecular weight is 363 g/mol. The highest BCUT2D eigenvalue weighted by Crippen LogP contribution is 2.28. The molecule has 0 aliphatic carbocycles. The smallest absolute Gasteiger partial charge is 0.223 e. The fourth-order valence-corrected chi connectivity index (χ4v) is 2.68. The molecule has 0 N–H and O–H groups in total. The second-order valence-electron chi connectivity index (χ2n) is 6.04. The molecule has 140 valence electrons. The minimum Gasteiger partial charge on any atom is -0.493 e. The summed E-state index contributed by atoms with van der Waals surface area (Å²) in [6.07, 6.45) is 0.827. The number of methoxy groups -OCH3 is 2. The molecule has 6 heteroatoms. The quantitative estimate of drug-likeness (QED) is 0.742. The van der Waals surface area contributed by atoms with Gasteiger partial charge < -0.3 is 14.4 Å². The topological polar surface area (TPSA) is 38.8 Å². The normalized spacial score (nSPS) is 11.8. The summed E-state index contributed by atoms with van der Waals surface area (Å²) in [5.41, 5.74) is 1.50. The highest BCUT2D eigenvalue weighted by molar-refractivity contribution is 5.76. The fourth-order valence-electron chi connectivity index (χ4n) is 2.68. The van der Waals surface area contributed by atoms with Gasteiger partial charge >= 0.3 is 0 Å². The van der Waals surface area contributed by atoms with E-state index in [-0.39, 0.29) is 11.9 Å². The second-order valence-corrected chi connectivity index (χ2v) is 6.04. The van der Waals surface area contributed by atoms with E-state index in [4.69, 9.17) is 9.47 Å². The van der Waals surface area contributed by atoms with Gasteiger partial charge in [-0.15, -0.1) is 0 Å². The molecule has 0 spiro atoms. The minimum absolute atomic E-state index is 0.0861. The summed E-state index contributed by atoms with van der Waals surface area (Å²) in [4.78, 5) is 14.0.